The number of nitrogens with one attached hydrogen (secondary N) is 2. The predicted octanol–water partition coefficient (Wildman–Crippen LogP) is 4.21. The van der Waals surface area contributed by atoms with Crippen LogP contribution >= 0.6 is 0 Å². The van der Waals surface area contributed by atoms with E-state index in [-0.39, 0.29) is 11.8 Å². The fourth-order valence-corrected chi connectivity index (χ4v) is 3.78. The van der Waals surface area contributed by atoms with Gasteiger partial charge in [-0.3, -0.25) is 10.2 Å². The first-order valence-electron chi connectivity index (χ1n) is 9.94. The summed E-state index contributed by atoms with van der Waals surface area (Å²) in [5.41, 5.74) is 1.47. The summed E-state index contributed by atoms with van der Waals surface area (Å²) in [7, 11) is 0. The van der Waals surface area contributed by atoms with E-state index in [9.17, 15) is 14.3 Å². The lowest BCUT2D eigenvalue weighted by Gasteiger charge is -2.32. The van der Waals surface area contributed by atoms with E-state index in [1.807, 2.05) is 16.8 Å². The lowest BCUT2D eigenvalue weighted by Crippen LogP contribution is -2.35. The second-order valence-electron chi connectivity index (χ2n) is 7.43. The van der Waals surface area contributed by atoms with Crippen LogP contribution in [0.2, 0.25) is 0 Å². The van der Waals surface area contributed by atoms with Gasteiger partial charge in [0.05, 0.1) is 12.2 Å². The van der Waals surface area contributed by atoms with E-state index in [1.165, 1.54) is 12.1 Å². The van der Waals surface area contributed by atoms with Crippen LogP contribution in [0.1, 0.15) is 24.4 Å². The molecule has 7 nitrogen and oxygen atoms in total. The molecular weight excluding hydrogens is 385 g/mol. The van der Waals surface area contributed by atoms with Gasteiger partial charge in [-0.1, -0.05) is 18.2 Å². The van der Waals surface area contributed by atoms with Crippen LogP contribution in [-0.4, -0.2) is 38.9 Å². The third kappa shape index (κ3) is 4.96. The van der Waals surface area contributed by atoms with Gasteiger partial charge >= 0.3 is 6.03 Å². The van der Waals surface area contributed by atoms with E-state index in [0.717, 1.165) is 38.0 Å². The zero-order valence-corrected chi connectivity index (χ0v) is 16.5. The predicted molar refractivity (Wildman–Crippen MR) is 113 cm³/mol. The number of piperidine rings is 1. The Kier molecular flexibility index (Phi) is 5.94. The minimum Gasteiger partial charge on any atom is -0.508 e. The molecule has 30 heavy (non-hydrogen) atoms. The molecule has 8 heteroatoms. The summed E-state index contributed by atoms with van der Waals surface area (Å²) in [6.07, 6.45) is 3.47. The number of carbonyl (C=O) groups excluding carboxylic acids is 1. The summed E-state index contributed by atoms with van der Waals surface area (Å²) >= 11 is 0. The Morgan fingerprint density at radius 3 is 2.67 bits per heavy atom. The van der Waals surface area contributed by atoms with Crippen molar-refractivity contribution in [2.24, 2.45) is 0 Å². The Hall–Kier alpha value is -3.39. The molecule has 4 rings (SSSR count). The highest BCUT2D eigenvalue weighted by molar-refractivity contribution is 5.99. The largest absolute Gasteiger partial charge is 0.508 e. The van der Waals surface area contributed by atoms with Crippen molar-refractivity contribution in [1.29, 1.82) is 0 Å². The zero-order chi connectivity index (χ0) is 20.9. The molecule has 3 aromatic rings. The highest BCUT2D eigenvalue weighted by atomic mass is 19.1. The summed E-state index contributed by atoms with van der Waals surface area (Å²) in [6, 6.07) is 14.6. The topological polar surface area (TPSA) is 82.4 Å². The van der Waals surface area contributed by atoms with E-state index in [0.29, 0.717) is 11.5 Å². The van der Waals surface area contributed by atoms with Crippen LogP contribution in [-0.2, 0) is 6.54 Å². The van der Waals surface area contributed by atoms with Crippen LogP contribution in [0.25, 0.3) is 0 Å². The second kappa shape index (κ2) is 8.96. The SMILES string of the molecule is O=C(Nc1cccc(F)c1)Nc1ccnn1C1CCN(Cc2cccc(O)c2)CC1. The Balaban J connectivity index is 1.33. The normalized spacial score (nSPS) is 15.1. The van der Waals surface area contributed by atoms with Gasteiger partial charge in [0.2, 0.25) is 0 Å². The average Bonchev–Trinajstić information content (AvgIpc) is 3.16. The van der Waals surface area contributed by atoms with Crippen LogP contribution in [0.4, 0.5) is 20.7 Å². The van der Waals surface area contributed by atoms with Crippen molar-refractivity contribution in [1.82, 2.24) is 14.7 Å². The third-order valence-corrected chi connectivity index (χ3v) is 5.21. The van der Waals surface area contributed by atoms with Gasteiger partial charge in [-0.15, -0.1) is 0 Å². The average molecular weight is 409 g/mol. The van der Waals surface area contributed by atoms with Crippen molar-refractivity contribution in [2.45, 2.75) is 25.4 Å². The van der Waals surface area contributed by atoms with Gasteiger partial charge in [-0.2, -0.15) is 5.10 Å². The highest BCUT2D eigenvalue weighted by Gasteiger charge is 2.23. The number of carbonyl (C=O) groups is 1. The number of hydrogen-bond acceptors (Lipinski definition) is 4. The summed E-state index contributed by atoms with van der Waals surface area (Å²) in [5.74, 6) is 0.483. The molecule has 3 N–H and O–H groups in total. The number of halogens is 1. The van der Waals surface area contributed by atoms with Crippen molar-refractivity contribution in [3.63, 3.8) is 0 Å². The smallest absolute Gasteiger partial charge is 0.324 e. The van der Waals surface area contributed by atoms with Crippen molar-refractivity contribution in [3.8, 4) is 5.75 Å². The minimum absolute atomic E-state index is 0.185. The van der Waals surface area contributed by atoms with Gasteiger partial charge in [0, 0.05) is 31.4 Å². The molecule has 1 saturated heterocycles. The summed E-state index contributed by atoms with van der Waals surface area (Å²) in [4.78, 5) is 14.6. The fraction of sp³-hybridized carbons (Fsp3) is 0.273. The number of rotatable bonds is 5. The van der Waals surface area contributed by atoms with E-state index in [1.54, 1.807) is 36.5 Å². The first kappa shape index (κ1) is 19.9. The Bertz CT molecular complexity index is 1010. The first-order valence-corrected chi connectivity index (χ1v) is 9.94. The Labute approximate surface area is 174 Å². The number of amides is 2. The summed E-state index contributed by atoms with van der Waals surface area (Å²) in [5, 5.41) is 19.5. The van der Waals surface area contributed by atoms with Crippen LogP contribution in [0, 0.1) is 5.82 Å². The molecule has 0 unspecified atom stereocenters. The molecule has 2 amide bonds. The van der Waals surface area contributed by atoms with Gasteiger partial charge in [0.1, 0.15) is 17.4 Å². The Morgan fingerprint density at radius 2 is 1.90 bits per heavy atom. The van der Waals surface area contributed by atoms with E-state index in [4.69, 9.17) is 0 Å². The standard InChI is InChI=1S/C22H24FN5O2/c23-17-4-2-5-18(14-17)25-22(30)26-21-7-10-24-28(21)19-8-11-27(12-9-19)15-16-3-1-6-20(29)13-16/h1-7,10,13-14,19,29H,8-9,11-12,15H2,(H2,25,26,30). The van der Waals surface area contributed by atoms with Crippen molar-refractivity contribution in [3.05, 3.63) is 72.2 Å². The third-order valence-electron chi connectivity index (χ3n) is 5.21. The van der Waals surface area contributed by atoms with Crippen molar-refractivity contribution in [2.75, 3.05) is 23.7 Å². The van der Waals surface area contributed by atoms with Crippen LogP contribution in [0.3, 0.4) is 0 Å². The van der Waals surface area contributed by atoms with Crippen LogP contribution < -0.4 is 10.6 Å². The van der Waals surface area contributed by atoms with Gasteiger partial charge < -0.3 is 10.4 Å². The zero-order valence-electron chi connectivity index (χ0n) is 16.5. The second-order valence-corrected chi connectivity index (χ2v) is 7.43. The number of nitrogens with zero attached hydrogens (tertiary/aromatic N) is 3. The molecule has 0 aliphatic carbocycles. The lowest BCUT2D eigenvalue weighted by molar-refractivity contribution is 0.174. The highest BCUT2D eigenvalue weighted by Crippen LogP contribution is 2.26. The maximum atomic E-state index is 13.3. The summed E-state index contributed by atoms with van der Waals surface area (Å²) in [6.45, 7) is 2.59. The molecule has 0 bridgehead atoms. The quantitative estimate of drug-likeness (QED) is 0.590. The fourth-order valence-electron chi connectivity index (χ4n) is 3.78. The van der Waals surface area contributed by atoms with E-state index < -0.39 is 11.8 Å². The molecule has 1 aliphatic heterocycles. The minimum atomic E-state index is -0.441. The summed E-state index contributed by atoms with van der Waals surface area (Å²) < 4.78 is 15.1. The number of anilines is 2. The van der Waals surface area contributed by atoms with E-state index in [2.05, 4.69) is 20.6 Å². The number of phenols is 1. The lowest BCUT2D eigenvalue weighted by atomic mass is 10.0. The number of hydrogen-bond donors (Lipinski definition) is 3. The first-order chi connectivity index (χ1) is 14.6. The maximum Gasteiger partial charge on any atom is 0.324 e. The monoisotopic (exact) mass is 409 g/mol. The Morgan fingerprint density at radius 1 is 1.10 bits per heavy atom. The molecule has 1 aromatic heterocycles. The molecule has 0 spiro atoms. The molecule has 2 aromatic carbocycles. The number of aromatic nitrogens is 2. The van der Waals surface area contributed by atoms with Gasteiger partial charge in [0.15, 0.2) is 0 Å². The molecular formula is C22H24FN5O2. The molecule has 0 atom stereocenters. The number of aromatic hydroxyl groups is 1. The molecule has 156 valence electrons. The van der Waals surface area contributed by atoms with Crippen LogP contribution in [0.15, 0.2) is 60.8 Å². The van der Waals surface area contributed by atoms with Crippen molar-refractivity contribution < 1.29 is 14.3 Å². The van der Waals surface area contributed by atoms with E-state index >= 15 is 0 Å². The molecule has 1 fully saturated rings. The molecule has 0 saturated carbocycles. The maximum absolute atomic E-state index is 13.3. The van der Waals surface area contributed by atoms with Crippen LogP contribution in [0.5, 0.6) is 5.75 Å². The molecule has 1 aliphatic rings. The number of benzene rings is 2. The van der Waals surface area contributed by atoms with Crippen molar-refractivity contribution >= 4 is 17.5 Å². The van der Waals surface area contributed by atoms with Gasteiger partial charge in [-0.25, -0.2) is 13.9 Å². The van der Waals surface area contributed by atoms with Gasteiger partial charge in [-0.05, 0) is 48.7 Å². The number of urea groups is 1. The molecule has 2 heterocycles. The number of likely N-dealkylation sites (tertiary alicyclic amines) is 1. The van der Waals surface area contributed by atoms with Gasteiger partial charge in [0.25, 0.3) is 0 Å². The molecule has 0 radical (unpaired) electrons. The number of phenolic OH excluding ortho intramolecular Hbond substituents is 1.